The van der Waals surface area contributed by atoms with E-state index in [0.29, 0.717) is 24.0 Å². The van der Waals surface area contributed by atoms with Gasteiger partial charge in [0.2, 0.25) is 5.91 Å². The molecule has 0 unspecified atom stereocenters. The summed E-state index contributed by atoms with van der Waals surface area (Å²) in [6, 6.07) is 5.68. The highest BCUT2D eigenvalue weighted by Crippen LogP contribution is 2.50. The van der Waals surface area contributed by atoms with Crippen molar-refractivity contribution in [3.63, 3.8) is 0 Å². The molecule has 1 aromatic heterocycles. The zero-order valence-corrected chi connectivity index (χ0v) is 14.8. The van der Waals surface area contributed by atoms with Crippen LogP contribution in [0.4, 0.5) is 4.39 Å². The van der Waals surface area contributed by atoms with Gasteiger partial charge in [-0.2, -0.15) is 0 Å². The number of nitrogens with two attached hydrogens (primary N) is 1. The highest BCUT2D eigenvalue weighted by atomic mass is 32.1. The van der Waals surface area contributed by atoms with Crippen molar-refractivity contribution >= 4 is 23.2 Å². The minimum Gasteiger partial charge on any atom is -0.368 e. The van der Waals surface area contributed by atoms with E-state index in [-0.39, 0.29) is 17.8 Å². The van der Waals surface area contributed by atoms with Gasteiger partial charge in [-0.25, -0.2) is 9.37 Å². The lowest BCUT2D eigenvalue weighted by atomic mass is 10.1. The second-order valence-corrected chi connectivity index (χ2v) is 8.47. The molecule has 3 fully saturated rings. The highest BCUT2D eigenvalue weighted by Gasteiger charge is 2.56. The Kier molecular flexibility index (Phi) is 3.44. The van der Waals surface area contributed by atoms with Crippen molar-refractivity contribution in [2.75, 3.05) is 0 Å². The summed E-state index contributed by atoms with van der Waals surface area (Å²) in [7, 11) is 0. The maximum absolute atomic E-state index is 13.3. The van der Waals surface area contributed by atoms with Crippen molar-refractivity contribution < 1.29 is 14.0 Å². The molecule has 2 heterocycles. The van der Waals surface area contributed by atoms with Crippen LogP contribution in [0.3, 0.4) is 0 Å². The van der Waals surface area contributed by atoms with Gasteiger partial charge < -0.3 is 10.6 Å². The first kappa shape index (κ1) is 15.9. The summed E-state index contributed by atoms with van der Waals surface area (Å²) in [4.78, 5) is 32.1. The Balaban J connectivity index is 1.56. The third-order valence-electron chi connectivity index (χ3n) is 5.55. The van der Waals surface area contributed by atoms with E-state index < -0.39 is 11.9 Å². The van der Waals surface area contributed by atoms with Crippen LogP contribution < -0.4 is 5.73 Å². The Hall–Kier alpha value is -2.28. The van der Waals surface area contributed by atoms with Crippen LogP contribution in [0.5, 0.6) is 0 Å². The predicted octanol–water partition coefficient (Wildman–Crippen LogP) is 2.91. The molecule has 0 bridgehead atoms. The molecule has 3 atom stereocenters. The molecular formula is C19H18FN3O2S. The molecule has 2 amide bonds. The monoisotopic (exact) mass is 371 g/mol. The fraction of sp³-hybridized carbons (Fsp3) is 0.421. The molecule has 134 valence electrons. The van der Waals surface area contributed by atoms with E-state index >= 15 is 0 Å². The standard InChI is InChI=1S/C19H18FN3O2S/c20-12-5-3-9(4-6-12)16-15(22-18(26-16)10-1-2-10)19(25)23-13-7-11(13)8-14(23)17(21)24/h3-6,10-11,13-14H,1-2,7-8H2,(H2,21,24)/t11-,13+,14+/m1/s1. The van der Waals surface area contributed by atoms with Gasteiger partial charge in [-0.05, 0) is 49.3 Å². The number of hydrogen-bond donors (Lipinski definition) is 1. The minimum atomic E-state index is -0.543. The zero-order chi connectivity index (χ0) is 18.0. The Labute approximate surface area is 154 Å². The second kappa shape index (κ2) is 5.61. The fourth-order valence-electron chi connectivity index (χ4n) is 3.91. The van der Waals surface area contributed by atoms with Gasteiger partial charge >= 0.3 is 0 Å². The maximum atomic E-state index is 13.3. The lowest BCUT2D eigenvalue weighted by Gasteiger charge is -2.24. The quantitative estimate of drug-likeness (QED) is 0.898. The number of hydrogen-bond acceptors (Lipinski definition) is 4. The van der Waals surface area contributed by atoms with Gasteiger partial charge in [0.1, 0.15) is 17.6 Å². The Morgan fingerprint density at radius 2 is 1.92 bits per heavy atom. The van der Waals surface area contributed by atoms with Gasteiger partial charge in [-0.3, -0.25) is 9.59 Å². The van der Waals surface area contributed by atoms with E-state index in [0.717, 1.165) is 34.7 Å². The van der Waals surface area contributed by atoms with Gasteiger partial charge in [0.05, 0.1) is 9.88 Å². The van der Waals surface area contributed by atoms with Crippen LogP contribution in [0, 0.1) is 11.7 Å². The van der Waals surface area contributed by atoms with Crippen molar-refractivity contribution in [3.05, 3.63) is 40.8 Å². The third kappa shape index (κ3) is 2.53. The normalized spacial score (nSPS) is 26.7. The van der Waals surface area contributed by atoms with Gasteiger partial charge in [-0.15, -0.1) is 11.3 Å². The van der Waals surface area contributed by atoms with E-state index in [1.165, 1.54) is 23.5 Å². The Bertz CT molecular complexity index is 906. The van der Waals surface area contributed by atoms with Crippen molar-refractivity contribution in [3.8, 4) is 10.4 Å². The molecule has 5 rings (SSSR count). The molecule has 0 spiro atoms. The summed E-state index contributed by atoms with van der Waals surface area (Å²) >= 11 is 1.50. The SMILES string of the molecule is NC(=O)[C@@H]1C[C@H]2C[C@@H]2N1C(=O)c1nc(C2CC2)sc1-c1ccc(F)cc1. The number of benzene rings is 1. The first-order valence-electron chi connectivity index (χ1n) is 8.91. The number of primary amides is 1. The van der Waals surface area contributed by atoms with Crippen molar-refractivity contribution in [1.82, 2.24) is 9.88 Å². The summed E-state index contributed by atoms with van der Waals surface area (Å²) in [5.41, 5.74) is 6.68. The van der Waals surface area contributed by atoms with Crippen molar-refractivity contribution in [1.29, 1.82) is 0 Å². The van der Waals surface area contributed by atoms with Gasteiger partial charge in [0.15, 0.2) is 0 Å². The number of piperidine rings is 1. The highest BCUT2D eigenvalue weighted by molar-refractivity contribution is 7.15. The lowest BCUT2D eigenvalue weighted by molar-refractivity contribution is -0.122. The first-order chi connectivity index (χ1) is 12.5. The summed E-state index contributed by atoms with van der Waals surface area (Å²) in [5.74, 6) is -0.192. The zero-order valence-electron chi connectivity index (χ0n) is 14.0. The Morgan fingerprint density at radius 3 is 2.58 bits per heavy atom. The van der Waals surface area contributed by atoms with Gasteiger partial charge in [0.25, 0.3) is 5.91 Å². The molecule has 0 radical (unpaired) electrons. The number of likely N-dealkylation sites (tertiary alicyclic amines) is 1. The van der Waals surface area contributed by atoms with Crippen LogP contribution >= 0.6 is 11.3 Å². The molecule has 1 aromatic carbocycles. The van der Waals surface area contributed by atoms with E-state index in [1.54, 1.807) is 17.0 Å². The predicted molar refractivity (Wildman–Crippen MR) is 95.1 cm³/mol. The number of amides is 2. The number of carbonyl (C=O) groups is 2. The van der Waals surface area contributed by atoms with Gasteiger partial charge in [-0.1, -0.05) is 12.1 Å². The van der Waals surface area contributed by atoms with Crippen LogP contribution in [0.25, 0.3) is 10.4 Å². The minimum absolute atomic E-state index is 0.104. The van der Waals surface area contributed by atoms with Crippen LogP contribution in [0.2, 0.25) is 0 Å². The number of rotatable bonds is 4. The number of fused-ring (bicyclic) bond motifs is 1. The Morgan fingerprint density at radius 1 is 1.19 bits per heavy atom. The van der Waals surface area contributed by atoms with E-state index in [2.05, 4.69) is 4.98 Å². The first-order valence-corrected chi connectivity index (χ1v) is 9.73. The molecule has 1 aliphatic heterocycles. The van der Waals surface area contributed by atoms with Crippen molar-refractivity contribution in [2.24, 2.45) is 11.7 Å². The molecule has 2 aromatic rings. The van der Waals surface area contributed by atoms with E-state index in [1.807, 2.05) is 0 Å². The molecule has 7 heteroatoms. The largest absolute Gasteiger partial charge is 0.368 e. The topological polar surface area (TPSA) is 76.3 Å². The molecule has 2 N–H and O–H groups in total. The number of halogens is 1. The molecule has 26 heavy (non-hydrogen) atoms. The summed E-state index contributed by atoms with van der Waals surface area (Å²) in [6.45, 7) is 0. The number of carbonyl (C=O) groups excluding carboxylic acids is 2. The van der Waals surface area contributed by atoms with Gasteiger partial charge in [0, 0.05) is 12.0 Å². The average molecular weight is 371 g/mol. The fourth-order valence-corrected chi connectivity index (χ4v) is 5.14. The molecular weight excluding hydrogens is 353 g/mol. The summed E-state index contributed by atoms with van der Waals surface area (Å²) in [5, 5.41) is 0.954. The third-order valence-corrected chi connectivity index (χ3v) is 6.81. The van der Waals surface area contributed by atoms with Crippen LogP contribution in [-0.2, 0) is 4.79 Å². The van der Waals surface area contributed by atoms with E-state index in [4.69, 9.17) is 5.73 Å². The molecule has 5 nitrogen and oxygen atoms in total. The lowest BCUT2D eigenvalue weighted by Crippen LogP contribution is -2.46. The van der Waals surface area contributed by atoms with Crippen LogP contribution in [0.15, 0.2) is 24.3 Å². The molecule has 2 saturated carbocycles. The molecule has 2 aliphatic carbocycles. The summed E-state index contributed by atoms with van der Waals surface area (Å²) in [6.07, 6.45) is 3.75. The summed E-state index contributed by atoms with van der Waals surface area (Å²) < 4.78 is 13.3. The van der Waals surface area contributed by atoms with E-state index in [9.17, 15) is 14.0 Å². The maximum Gasteiger partial charge on any atom is 0.274 e. The second-order valence-electron chi connectivity index (χ2n) is 7.44. The molecule has 3 aliphatic rings. The number of aromatic nitrogens is 1. The molecule has 1 saturated heterocycles. The average Bonchev–Trinajstić information content (AvgIpc) is 3.54. The van der Waals surface area contributed by atoms with Crippen LogP contribution in [0.1, 0.15) is 47.1 Å². The number of thiazole rings is 1. The van der Waals surface area contributed by atoms with Crippen LogP contribution in [-0.4, -0.2) is 33.8 Å². The van der Waals surface area contributed by atoms with Crippen molar-refractivity contribution in [2.45, 2.75) is 43.7 Å². The number of nitrogens with zero attached hydrogens (tertiary/aromatic N) is 2. The smallest absolute Gasteiger partial charge is 0.274 e.